The quantitative estimate of drug-likeness (QED) is 0.663. The van der Waals surface area contributed by atoms with Crippen LogP contribution in [0.1, 0.15) is 38.1 Å². The van der Waals surface area contributed by atoms with Gasteiger partial charge in [0.1, 0.15) is 0 Å². The Hall–Kier alpha value is -1.81. The zero-order valence-corrected chi connectivity index (χ0v) is 12.8. The van der Waals surface area contributed by atoms with E-state index in [2.05, 4.69) is 10.9 Å². The standard InChI is InChI=1S/C15H19ClN2O2/c1-10(9-13(19)15(2,3)4)17-18-14(20)11-5-7-12(16)8-6-11/h5-9,17H,1-4H3,(H,18,20). The number of carbonyl (C=O) groups excluding carboxylic acids is 2. The maximum absolute atomic E-state index is 11.8. The van der Waals surface area contributed by atoms with Gasteiger partial charge in [-0.15, -0.1) is 0 Å². The van der Waals surface area contributed by atoms with E-state index < -0.39 is 5.41 Å². The van der Waals surface area contributed by atoms with Gasteiger partial charge in [0.15, 0.2) is 5.78 Å². The van der Waals surface area contributed by atoms with Gasteiger partial charge >= 0.3 is 0 Å². The monoisotopic (exact) mass is 294 g/mol. The molecule has 0 atom stereocenters. The zero-order valence-electron chi connectivity index (χ0n) is 12.1. The average molecular weight is 295 g/mol. The van der Waals surface area contributed by atoms with E-state index in [9.17, 15) is 9.59 Å². The molecule has 0 unspecified atom stereocenters. The molecule has 108 valence electrons. The number of amides is 1. The van der Waals surface area contributed by atoms with E-state index in [4.69, 9.17) is 11.6 Å². The average Bonchev–Trinajstić information content (AvgIpc) is 2.35. The van der Waals surface area contributed by atoms with Crippen LogP contribution in [0, 0.1) is 5.41 Å². The van der Waals surface area contributed by atoms with E-state index >= 15 is 0 Å². The number of nitrogens with one attached hydrogen (secondary N) is 2. The molecule has 0 saturated carbocycles. The number of benzene rings is 1. The first-order valence-corrected chi connectivity index (χ1v) is 6.62. The van der Waals surface area contributed by atoms with Gasteiger partial charge in [-0.2, -0.15) is 0 Å². The third-order valence-electron chi connectivity index (χ3n) is 2.57. The van der Waals surface area contributed by atoms with Gasteiger partial charge in [-0.05, 0) is 31.2 Å². The predicted octanol–water partition coefficient (Wildman–Crippen LogP) is 3.09. The third-order valence-corrected chi connectivity index (χ3v) is 2.82. The Morgan fingerprint density at radius 2 is 1.65 bits per heavy atom. The topological polar surface area (TPSA) is 58.2 Å². The molecular weight excluding hydrogens is 276 g/mol. The van der Waals surface area contributed by atoms with Gasteiger partial charge in [0.25, 0.3) is 5.91 Å². The van der Waals surface area contributed by atoms with Crippen LogP contribution in [0.4, 0.5) is 0 Å². The molecule has 1 aromatic carbocycles. The Balaban J connectivity index is 2.59. The summed E-state index contributed by atoms with van der Waals surface area (Å²) < 4.78 is 0. The highest BCUT2D eigenvalue weighted by atomic mass is 35.5. The molecule has 1 rings (SSSR count). The van der Waals surface area contributed by atoms with E-state index in [1.54, 1.807) is 31.2 Å². The lowest BCUT2D eigenvalue weighted by molar-refractivity contribution is -0.121. The Morgan fingerprint density at radius 3 is 2.15 bits per heavy atom. The fourth-order valence-electron chi connectivity index (χ4n) is 1.28. The SMILES string of the molecule is CC(=CC(=O)C(C)(C)C)NNC(=O)c1ccc(Cl)cc1. The Morgan fingerprint density at radius 1 is 1.10 bits per heavy atom. The molecule has 2 N–H and O–H groups in total. The van der Waals surface area contributed by atoms with Crippen LogP contribution in [-0.2, 0) is 4.79 Å². The molecule has 0 fully saturated rings. The summed E-state index contributed by atoms with van der Waals surface area (Å²) in [6.07, 6.45) is 1.47. The Kier molecular flexibility index (Phi) is 5.34. The van der Waals surface area contributed by atoms with Gasteiger partial charge in [-0.3, -0.25) is 15.0 Å². The molecular formula is C15H19ClN2O2. The van der Waals surface area contributed by atoms with Crippen LogP contribution in [0.3, 0.4) is 0 Å². The smallest absolute Gasteiger partial charge is 0.269 e. The molecule has 0 saturated heterocycles. The van der Waals surface area contributed by atoms with Gasteiger partial charge in [0.05, 0.1) is 0 Å². The van der Waals surface area contributed by atoms with Crippen molar-refractivity contribution in [3.8, 4) is 0 Å². The molecule has 0 aromatic heterocycles. The summed E-state index contributed by atoms with van der Waals surface area (Å²) in [6, 6.07) is 6.53. The second-order valence-electron chi connectivity index (χ2n) is 5.53. The first-order valence-electron chi connectivity index (χ1n) is 6.25. The Bertz CT molecular complexity index is 528. The molecule has 0 aliphatic rings. The van der Waals surface area contributed by atoms with E-state index in [1.807, 2.05) is 20.8 Å². The first kappa shape index (κ1) is 16.2. The number of carbonyl (C=O) groups is 2. The lowest BCUT2D eigenvalue weighted by Crippen LogP contribution is -2.36. The van der Waals surface area contributed by atoms with Gasteiger partial charge in [0, 0.05) is 27.8 Å². The van der Waals surface area contributed by atoms with Crippen molar-refractivity contribution in [2.24, 2.45) is 5.41 Å². The summed E-state index contributed by atoms with van der Waals surface area (Å²) in [5.41, 5.74) is 5.85. The van der Waals surface area contributed by atoms with E-state index in [0.717, 1.165) is 0 Å². The Labute approximate surface area is 124 Å². The van der Waals surface area contributed by atoms with Crippen LogP contribution in [0.15, 0.2) is 36.0 Å². The largest absolute Gasteiger partial charge is 0.303 e. The van der Waals surface area contributed by atoms with E-state index in [-0.39, 0.29) is 11.7 Å². The minimum atomic E-state index is -0.441. The highest BCUT2D eigenvalue weighted by Crippen LogP contribution is 2.15. The van der Waals surface area contributed by atoms with Crippen LogP contribution in [-0.4, -0.2) is 11.7 Å². The number of hydrogen-bond acceptors (Lipinski definition) is 3. The second kappa shape index (κ2) is 6.57. The molecule has 0 aliphatic heterocycles. The number of ketones is 1. The molecule has 1 amide bonds. The molecule has 0 bridgehead atoms. The number of hydrazine groups is 1. The summed E-state index contributed by atoms with van der Waals surface area (Å²) in [7, 11) is 0. The van der Waals surface area contributed by atoms with Crippen LogP contribution < -0.4 is 10.9 Å². The van der Waals surface area contributed by atoms with Crippen molar-refractivity contribution in [2.75, 3.05) is 0 Å². The fraction of sp³-hybridized carbons (Fsp3) is 0.333. The molecule has 0 radical (unpaired) electrons. The highest BCUT2D eigenvalue weighted by molar-refractivity contribution is 6.30. The molecule has 0 heterocycles. The van der Waals surface area contributed by atoms with Crippen LogP contribution in [0.25, 0.3) is 0 Å². The predicted molar refractivity (Wildman–Crippen MR) is 80.3 cm³/mol. The fourth-order valence-corrected chi connectivity index (χ4v) is 1.40. The van der Waals surface area contributed by atoms with E-state index in [0.29, 0.717) is 16.3 Å². The zero-order chi connectivity index (χ0) is 15.3. The maximum atomic E-state index is 11.8. The lowest BCUT2D eigenvalue weighted by atomic mass is 9.90. The minimum Gasteiger partial charge on any atom is -0.303 e. The highest BCUT2D eigenvalue weighted by Gasteiger charge is 2.18. The summed E-state index contributed by atoms with van der Waals surface area (Å²) in [6.45, 7) is 7.23. The van der Waals surface area contributed by atoms with Gasteiger partial charge in [-0.1, -0.05) is 32.4 Å². The van der Waals surface area contributed by atoms with Crippen molar-refractivity contribution >= 4 is 23.3 Å². The molecule has 5 heteroatoms. The number of rotatable bonds is 4. The normalized spacial score (nSPS) is 11.9. The minimum absolute atomic E-state index is 0.0109. The van der Waals surface area contributed by atoms with Gasteiger partial charge in [0.2, 0.25) is 0 Å². The van der Waals surface area contributed by atoms with E-state index in [1.165, 1.54) is 6.08 Å². The van der Waals surface area contributed by atoms with Gasteiger partial charge < -0.3 is 5.43 Å². The van der Waals surface area contributed by atoms with Crippen LogP contribution in [0.5, 0.6) is 0 Å². The number of halogens is 1. The van der Waals surface area contributed by atoms with Crippen molar-refractivity contribution < 1.29 is 9.59 Å². The molecule has 1 aromatic rings. The summed E-state index contributed by atoms with van der Waals surface area (Å²) in [4.78, 5) is 23.6. The van der Waals surface area contributed by atoms with Crippen molar-refractivity contribution in [3.05, 3.63) is 46.6 Å². The van der Waals surface area contributed by atoms with Crippen LogP contribution in [0.2, 0.25) is 5.02 Å². The number of hydrogen-bond donors (Lipinski definition) is 2. The van der Waals surface area contributed by atoms with Crippen molar-refractivity contribution in [1.29, 1.82) is 0 Å². The summed E-state index contributed by atoms with van der Waals surface area (Å²) in [5, 5.41) is 0.571. The lowest BCUT2D eigenvalue weighted by Gasteiger charge is -2.15. The van der Waals surface area contributed by atoms with Gasteiger partial charge in [-0.25, -0.2) is 0 Å². The molecule has 4 nitrogen and oxygen atoms in total. The second-order valence-corrected chi connectivity index (χ2v) is 5.96. The number of allylic oxidation sites excluding steroid dienone is 2. The van der Waals surface area contributed by atoms with Crippen molar-refractivity contribution in [2.45, 2.75) is 27.7 Å². The molecule has 0 spiro atoms. The van der Waals surface area contributed by atoms with Crippen molar-refractivity contribution in [1.82, 2.24) is 10.9 Å². The maximum Gasteiger partial charge on any atom is 0.269 e. The van der Waals surface area contributed by atoms with Crippen molar-refractivity contribution in [3.63, 3.8) is 0 Å². The molecule has 20 heavy (non-hydrogen) atoms. The van der Waals surface area contributed by atoms with Crippen LogP contribution >= 0.6 is 11.6 Å². The summed E-state index contributed by atoms with van der Waals surface area (Å²) >= 11 is 5.75. The summed E-state index contributed by atoms with van der Waals surface area (Å²) in [5.74, 6) is -0.305. The first-order chi connectivity index (χ1) is 9.20. The third kappa shape index (κ3) is 5.05. The molecule has 0 aliphatic carbocycles.